The molecular weight excluding hydrogens is 304 g/mol. The van der Waals surface area contributed by atoms with Crippen LogP contribution in [0.5, 0.6) is 0 Å². The Kier molecular flexibility index (Phi) is 15.2. The van der Waals surface area contributed by atoms with Gasteiger partial charge in [0.05, 0.1) is 0 Å². The van der Waals surface area contributed by atoms with E-state index in [0.717, 1.165) is 19.3 Å². The first-order valence-corrected chi connectivity index (χ1v) is 9.18. The number of unbranched alkanes of at least 4 members (excludes halogenated alkanes) is 9. The van der Waals surface area contributed by atoms with Crippen molar-refractivity contribution in [1.29, 1.82) is 0 Å². The monoisotopic (exact) mass is 338 g/mol. The fourth-order valence-electron chi connectivity index (χ4n) is 2.52. The summed E-state index contributed by atoms with van der Waals surface area (Å²) in [7, 11) is 0. The lowest BCUT2D eigenvalue weighted by atomic mass is 10.1. The molecule has 0 atom stereocenters. The average molecular weight is 338 g/mol. The molecule has 0 radical (unpaired) electrons. The van der Waals surface area contributed by atoms with E-state index in [-0.39, 0.29) is 0 Å². The molecule has 0 aliphatic rings. The third-order valence-electron chi connectivity index (χ3n) is 3.68. The fraction of sp³-hybridized carbons (Fsp3) is 0.700. The van der Waals surface area contributed by atoms with Gasteiger partial charge in [-0.25, -0.2) is 0 Å². The molecule has 0 aromatic heterocycles. The number of carbonyl (C=O) groups is 2. The molecule has 4 heteroatoms. The normalized spacial score (nSPS) is 11.0. The number of hydrogen-bond acceptors (Lipinski definition) is 4. The van der Waals surface area contributed by atoms with E-state index in [2.05, 4.69) is 12.7 Å². The van der Waals surface area contributed by atoms with Gasteiger partial charge in [0.1, 0.15) is 0 Å². The molecule has 0 heterocycles. The Morgan fingerprint density at radius 3 is 1.75 bits per heavy atom. The zero-order valence-electron chi connectivity index (χ0n) is 15.4. The summed E-state index contributed by atoms with van der Waals surface area (Å²) in [4.78, 5) is 21.9. The number of ether oxygens (including phenoxy) is 2. The fourth-order valence-corrected chi connectivity index (χ4v) is 2.52. The van der Waals surface area contributed by atoms with E-state index in [4.69, 9.17) is 9.47 Å². The van der Waals surface area contributed by atoms with Crippen molar-refractivity contribution in [3.8, 4) is 0 Å². The van der Waals surface area contributed by atoms with Crippen LogP contribution in [0.1, 0.15) is 84.5 Å². The Morgan fingerprint density at radius 2 is 1.29 bits per heavy atom. The van der Waals surface area contributed by atoms with E-state index >= 15 is 0 Å². The highest BCUT2D eigenvalue weighted by molar-refractivity contribution is 5.68. The lowest BCUT2D eigenvalue weighted by Gasteiger charge is -2.16. The quantitative estimate of drug-likeness (QED) is 0.172. The van der Waals surface area contributed by atoms with Crippen LogP contribution in [0.4, 0.5) is 0 Å². The minimum absolute atomic E-state index is 0.416. The van der Waals surface area contributed by atoms with Crippen LogP contribution in [-0.2, 0) is 19.1 Å². The van der Waals surface area contributed by atoms with Gasteiger partial charge in [0.2, 0.25) is 6.29 Å². The number of allylic oxidation sites excluding steroid dienone is 3. The molecule has 0 aliphatic heterocycles. The summed E-state index contributed by atoms with van der Waals surface area (Å²) in [6, 6.07) is 0. The molecule has 0 bridgehead atoms. The van der Waals surface area contributed by atoms with Gasteiger partial charge in [-0.2, -0.15) is 0 Å². The smallest absolute Gasteiger partial charge is 0.305 e. The van der Waals surface area contributed by atoms with Gasteiger partial charge in [0, 0.05) is 20.3 Å². The van der Waals surface area contributed by atoms with Crippen molar-refractivity contribution in [3.05, 3.63) is 24.8 Å². The molecule has 0 saturated heterocycles. The second-order valence-electron chi connectivity index (χ2n) is 6.07. The third kappa shape index (κ3) is 16.8. The molecule has 0 unspecified atom stereocenters. The Bertz CT molecular complexity index is 358. The van der Waals surface area contributed by atoms with E-state index in [0.29, 0.717) is 6.42 Å². The summed E-state index contributed by atoms with van der Waals surface area (Å²) < 4.78 is 9.95. The van der Waals surface area contributed by atoms with Crippen molar-refractivity contribution >= 4 is 11.9 Å². The van der Waals surface area contributed by atoms with E-state index in [1.165, 1.54) is 58.8 Å². The summed E-state index contributed by atoms with van der Waals surface area (Å²) >= 11 is 0. The topological polar surface area (TPSA) is 52.6 Å². The summed E-state index contributed by atoms with van der Waals surface area (Å²) in [6.07, 6.45) is 17.8. The molecule has 0 saturated carbocycles. The van der Waals surface area contributed by atoms with Gasteiger partial charge in [0.25, 0.3) is 0 Å². The lowest BCUT2D eigenvalue weighted by molar-refractivity contribution is -0.185. The zero-order valence-corrected chi connectivity index (χ0v) is 15.4. The van der Waals surface area contributed by atoms with Gasteiger partial charge in [-0.3, -0.25) is 9.59 Å². The highest BCUT2D eigenvalue weighted by Crippen LogP contribution is 2.14. The largest absolute Gasteiger partial charge is 0.425 e. The lowest BCUT2D eigenvalue weighted by Crippen LogP contribution is -2.22. The van der Waals surface area contributed by atoms with Crippen LogP contribution in [0.2, 0.25) is 0 Å². The third-order valence-corrected chi connectivity index (χ3v) is 3.68. The van der Waals surface area contributed by atoms with Gasteiger partial charge in [0.15, 0.2) is 0 Å². The first kappa shape index (κ1) is 22.4. The zero-order chi connectivity index (χ0) is 18.0. The Balaban J connectivity index is 3.44. The molecule has 0 aromatic carbocycles. The van der Waals surface area contributed by atoms with Crippen molar-refractivity contribution in [3.63, 3.8) is 0 Å². The number of esters is 2. The molecule has 0 fully saturated rings. The van der Waals surface area contributed by atoms with Crippen LogP contribution in [0.25, 0.3) is 0 Å². The van der Waals surface area contributed by atoms with Gasteiger partial charge >= 0.3 is 11.9 Å². The summed E-state index contributed by atoms with van der Waals surface area (Å²) in [6.45, 7) is 6.30. The van der Waals surface area contributed by atoms with Crippen LogP contribution in [0, 0.1) is 0 Å². The molecule has 24 heavy (non-hydrogen) atoms. The van der Waals surface area contributed by atoms with Crippen LogP contribution in [0.3, 0.4) is 0 Å². The van der Waals surface area contributed by atoms with Crippen LogP contribution >= 0.6 is 0 Å². The van der Waals surface area contributed by atoms with E-state index in [1.807, 2.05) is 12.2 Å². The number of hydrogen-bond donors (Lipinski definition) is 0. The first-order chi connectivity index (χ1) is 11.6. The highest BCUT2D eigenvalue weighted by Gasteiger charge is 2.14. The number of carbonyl (C=O) groups excluding carboxylic acids is 2. The Hall–Kier alpha value is -1.58. The minimum Gasteiger partial charge on any atom is -0.425 e. The Morgan fingerprint density at radius 1 is 0.833 bits per heavy atom. The standard InChI is InChI=1S/C20H34O4/c1-4-5-6-7-8-9-10-11-12-13-14-15-16-17-20(23-18(2)21)24-19(3)22/h4-6,20H,1,7-17H2,2-3H3/b6-5-. The minimum atomic E-state index is -0.727. The van der Waals surface area contributed by atoms with Gasteiger partial charge < -0.3 is 9.47 Å². The Labute approximate surface area is 147 Å². The van der Waals surface area contributed by atoms with Crippen molar-refractivity contribution < 1.29 is 19.1 Å². The predicted molar refractivity (Wildman–Crippen MR) is 97.4 cm³/mol. The van der Waals surface area contributed by atoms with Crippen molar-refractivity contribution in [2.45, 2.75) is 90.8 Å². The molecule has 0 rings (SSSR count). The second kappa shape index (κ2) is 16.3. The molecular formula is C20H34O4. The van der Waals surface area contributed by atoms with Gasteiger partial charge in [-0.15, -0.1) is 0 Å². The van der Waals surface area contributed by atoms with Crippen LogP contribution < -0.4 is 0 Å². The molecule has 138 valence electrons. The predicted octanol–water partition coefficient (Wildman–Crippen LogP) is 5.47. The molecule has 0 N–H and O–H groups in total. The van der Waals surface area contributed by atoms with Gasteiger partial charge in [-0.05, 0) is 19.3 Å². The van der Waals surface area contributed by atoms with Crippen LogP contribution in [0.15, 0.2) is 24.8 Å². The molecule has 0 amide bonds. The summed E-state index contributed by atoms with van der Waals surface area (Å²) in [5.41, 5.74) is 0. The van der Waals surface area contributed by atoms with Crippen molar-refractivity contribution in [2.75, 3.05) is 0 Å². The maximum atomic E-state index is 10.9. The van der Waals surface area contributed by atoms with Crippen molar-refractivity contribution in [1.82, 2.24) is 0 Å². The molecule has 0 aliphatic carbocycles. The average Bonchev–Trinajstić information content (AvgIpc) is 2.50. The molecule has 4 nitrogen and oxygen atoms in total. The van der Waals surface area contributed by atoms with E-state index in [9.17, 15) is 9.59 Å². The maximum absolute atomic E-state index is 10.9. The highest BCUT2D eigenvalue weighted by atomic mass is 16.7. The number of rotatable bonds is 15. The van der Waals surface area contributed by atoms with E-state index in [1.54, 1.807) is 0 Å². The van der Waals surface area contributed by atoms with Crippen molar-refractivity contribution in [2.24, 2.45) is 0 Å². The first-order valence-electron chi connectivity index (χ1n) is 9.18. The second-order valence-corrected chi connectivity index (χ2v) is 6.07. The van der Waals surface area contributed by atoms with Gasteiger partial charge in [-0.1, -0.05) is 69.8 Å². The maximum Gasteiger partial charge on any atom is 0.305 e. The summed E-state index contributed by atoms with van der Waals surface area (Å²) in [5.74, 6) is -0.831. The molecule has 0 spiro atoms. The SMILES string of the molecule is C=C/C=C\CCCCCCCCCCCC(OC(C)=O)OC(C)=O. The van der Waals surface area contributed by atoms with Crippen LogP contribution in [-0.4, -0.2) is 18.2 Å². The molecule has 0 aromatic rings. The van der Waals surface area contributed by atoms with E-state index < -0.39 is 18.2 Å². The summed E-state index contributed by atoms with van der Waals surface area (Å²) in [5, 5.41) is 0.